The van der Waals surface area contributed by atoms with Gasteiger partial charge in [-0.3, -0.25) is 4.79 Å². The fraction of sp³-hybridized carbons (Fsp3) is 0.556. The molecule has 1 aromatic carbocycles. The Hall–Kier alpha value is -2.02. The highest BCUT2D eigenvalue weighted by molar-refractivity contribution is 7.22. The maximum atomic E-state index is 12.2. The highest BCUT2D eigenvalue weighted by atomic mass is 32.1. The lowest BCUT2D eigenvalue weighted by molar-refractivity contribution is -0.131. The quantitative estimate of drug-likeness (QED) is 0.789. The zero-order valence-electron chi connectivity index (χ0n) is 15.1. The molecular weight excluding hydrogens is 338 g/mol. The smallest absolute Gasteiger partial charge is 0.222 e. The second-order valence-corrected chi connectivity index (χ2v) is 7.12. The van der Waals surface area contributed by atoms with Crippen molar-refractivity contribution in [2.24, 2.45) is 0 Å². The molecule has 7 heteroatoms. The minimum atomic E-state index is 0.275. The third-order valence-electron chi connectivity index (χ3n) is 4.54. The van der Waals surface area contributed by atoms with Gasteiger partial charge in [0.1, 0.15) is 5.52 Å². The van der Waals surface area contributed by atoms with Gasteiger partial charge in [-0.2, -0.15) is 0 Å². The normalized spacial score (nSPS) is 14.8. The Kier molecular flexibility index (Phi) is 5.63. The SMILES string of the molecule is CCCCC(=O)N1CCN(c2nc3c(OC)c(OC)ccc3s2)CC1. The van der Waals surface area contributed by atoms with Crippen LogP contribution in [0.5, 0.6) is 11.5 Å². The number of piperazine rings is 1. The topological polar surface area (TPSA) is 54.9 Å². The van der Waals surface area contributed by atoms with Crippen LogP contribution >= 0.6 is 11.3 Å². The van der Waals surface area contributed by atoms with Crippen LogP contribution in [0.4, 0.5) is 5.13 Å². The molecule has 3 rings (SSSR count). The highest BCUT2D eigenvalue weighted by Gasteiger charge is 2.23. The molecule has 25 heavy (non-hydrogen) atoms. The van der Waals surface area contributed by atoms with E-state index in [1.807, 2.05) is 17.0 Å². The largest absolute Gasteiger partial charge is 0.493 e. The van der Waals surface area contributed by atoms with E-state index in [2.05, 4.69) is 11.8 Å². The van der Waals surface area contributed by atoms with Crippen LogP contribution in [0, 0.1) is 0 Å². The molecule has 0 aliphatic carbocycles. The van der Waals surface area contributed by atoms with E-state index in [0.717, 1.165) is 54.4 Å². The molecule has 1 amide bonds. The summed E-state index contributed by atoms with van der Waals surface area (Å²) in [6.45, 7) is 5.27. The van der Waals surface area contributed by atoms with Gasteiger partial charge in [0.25, 0.3) is 0 Å². The molecule has 0 bridgehead atoms. The van der Waals surface area contributed by atoms with Crippen molar-refractivity contribution in [1.29, 1.82) is 0 Å². The van der Waals surface area contributed by atoms with E-state index in [4.69, 9.17) is 14.5 Å². The lowest BCUT2D eigenvalue weighted by atomic mass is 10.2. The van der Waals surface area contributed by atoms with Gasteiger partial charge in [0.15, 0.2) is 16.6 Å². The van der Waals surface area contributed by atoms with Crippen LogP contribution in [0.1, 0.15) is 26.2 Å². The van der Waals surface area contributed by atoms with Crippen molar-refractivity contribution in [2.75, 3.05) is 45.3 Å². The number of nitrogens with zero attached hydrogens (tertiary/aromatic N) is 3. The lowest BCUT2D eigenvalue weighted by Gasteiger charge is -2.34. The maximum absolute atomic E-state index is 12.2. The number of carbonyl (C=O) groups is 1. The Balaban J connectivity index is 1.72. The number of anilines is 1. The molecule has 0 N–H and O–H groups in total. The summed E-state index contributed by atoms with van der Waals surface area (Å²) in [4.78, 5) is 21.2. The number of amides is 1. The van der Waals surface area contributed by atoms with Crippen molar-refractivity contribution in [3.63, 3.8) is 0 Å². The number of unbranched alkanes of at least 4 members (excludes halogenated alkanes) is 1. The third-order valence-corrected chi connectivity index (χ3v) is 5.62. The first-order chi connectivity index (χ1) is 12.2. The number of ether oxygens (including phenoxy) is 2. The molecule has 1 aromatic heterocycles. The van der Waals surface area contributed by atoms with Gasteiger partial charge in [-0.15, -0.1) is 0 Å². The van der Waals surface area contributed by atoms with Crippen LogP contribution in [-0.4, -0.2) is 56.2 Å². The van der Waals surface area contributed by atoms with E-state index < -0.39 is 0 Å². The molecule has 2 aromatic rings. The molecule has 1 saturated heterocycles. The molecule has 1 aliphatic heterocycles. The maximum Gasteiger partial charge on any atom is 0.222 e. The van der Waals surface area contributed by atoms with Gasteiger partial charge in [0.2, 0.25) is 5.91 Å². The molecule has 0 radical (unpaired) electrons. The number of aromatic nitrogens is 1. The van der Waals surface area contributed by atoms with E-state index in [1.165, 1.54) is 0 Å². The van der Waals surface area contributed by atoms with Gasteiger partial charge in [-0.1, -0.05) is 24.7 Å². The minimum Gasteiger partial charge on any atom is -0.493 e. The summed E-state index contributed by atoms with van der Waals surface area (Å²) >= 11 is 1.65. The fourth-order valence-electron chi connectivity index (χ4n) is 3.07. The summed E-state index contributed by atoms with van der Waals surface area (Å²) in [6.07, 6.45) is 2.69. The van der Waals surface area contributed by atoms with Crippen LogP contribution in [0.25, 0.3) is 10.2 Å². The summed E-state index contributed by atoms with van der Waals surface area (Å²) in [5, 5.41) is 0.974. The average Bonchev–Trinajstić information content (AvgIpc) is 3.09. The van der Waals surface area contributed by atoms with E-state index in [9.17, 15) is 4.79 Å². The first-order valence-electron chi connectivity index (χ1n) is 8.72. The van der Waals surface area contributed by atoms with E-state index in [1.54, 1.807) is 25.6 Å². The summed E-state index contributed by atoms with van der Waals surface area (Å²) < 4.78 is 11.9. The predicted octanol–water partition coefficient (Wildman–Crippen LogP) is 3.15. The Bertz CT molecular complexity index is 738. The first-order valence-corrected chi connectivity index (χ1v) is 9.53. The third kappa shape index (κ3) is 3.66. The molecule has 6 nitrogen and oxygen atoms in total. The fourth-order valence-corrected chi connectivity index (χ4v) is 4.08. The Morgan fingerprint density at radius 2 is 1.96 bits per heavy atom. The first kappa shape index (κ1) is 17.8. The molecule has 1 fully saturated rings. The standard InChI is InChI=1S/C18H25N3O3S/c1-4-5-6-15(22)20-9-11-21(12-10-20)18-19-16-14(25-18)8-7-13(23-2)17(16)24-3/h7-8H,4-6,9-12H2,1-3H3. The number of carbonyl (C=O) groups excluding carboxylic acids is 1. The van der Waals surface area contributed by atoms with Crippen molar-refractivity contribution < 1.29 is 14.3 Å². The summed E-state index contributed by atoms with van der Waals surface area (Å²) in [5.74, 6) is 1.64. The number of methoxy groups -OCH3 is 2. The van der Waals surface area contributed by atoms with E-state index in [-0.39, 0.29) is 5.91 Å². The Morgan fingerprint density at radius 1 is 1.20 bits per heavy atom. The Labute approximate surface area is 152 Å². The summed E-state index contributed by atoms with van der Waals surface area (Å²) in [5.41, 5.74) is 0.836. The summed E-state index contributed by atoms with van der Waals surface area (Å²) in [7, 11) is 3.27. The number of hydrogen-bond acceptors (Lipinski definition) is 6. The average molecular weight is 363 g/mol. The van der Waals surface area contributed by atoms with Gasteiger partial charge < -0.3 is 19.3 Å². The van der Waals surface area contributed by atoms with Crippen molar-refractivity contribution in [1.82, 2.24) is 9.88 Å². The molecular formula is C18H25N3O3S. The van der Waals surface area contributed by atoms with Crippen LogP contribution < -0.4 is 14.4 Å². The number of benzene rings is 1. The van der Waals surface area contributed by atoms with Gasteiger partial charge in [0.05, 0.1) is 18.9 Å². The predicted molar refractivity (Wildman–Crippen MR) is 101 cm³/mol. The second kappa shape index (κ2) is 7.91. The number of hydrogen-bond donors (Lipinski definition) is 0. The van der Waals surface area contributed by atoms with Gasteiger partial charge >= 0.3 is 0 Å². The zero-order valence-corrected chi connectivity index (χ0v) is 15.9. The van der Waals surface area contributed by atoms with Crippen LogP contribution in [0.3, 0.4) is 0 Å². The van der Waals surface area contributed by atoms with Crippen LogP contribution in [0.15, 0.2) is 12.1 Å². The second-order valence-electron chi connectivity index (χ2n) is 6.12. The van der Waals surface area contributed by atoms with Crippen molar-refractivity contribution in [3.8, 4) is 11.5 Å². The number of rotatable bonds is 6. The monoisotopic (exact) mass is 363 g/mol. The molecule has 0 spiro atoms. The summed E-state index contributed by atoms with van der Waals surface area (Å²) in [6, 6.07) is 3.93. The van der Waals surface area contributed by atoms with Crippen molar-refractivity contribution >= 4 is 32.6 Å². The lowest BCUT2D eigenvalue weighted by Crippen LogP contribution is -2.48. The van der Waals surface area contributed by atoms with Gasteiger partial charge in [-0.25, -0.2) is 4.98 Å². The minimum absolute atomic E-state index is 0.275. The highest BCUT2D eigenvalue weighted by Crippen LogP contribution is 2.40. The van der Waals surface area contributed by atoms with Crippen molar-refractivity contribution in [3.05, 3.63) is 12.1 Å². The molecule has 0 saturated carbocycles. The van der Waals surface area contributed by atoms with E-state index in [0.29, 0.717) is 17.9 Å². The number of fused-ring (bicyclic) bond motifs is 1. The Morgan fingerprint density at radius 3 is 2.60 bits per heavy atom. The van der Waals surface area contributed by atoms with Gasteiger partial charge in [0, 0.05) is 32.6 Å². The zero-order chi connectivity index (χ0) is 17.8. The molecule has 0 atom stereocenters. The molecule has 0 unspecified atom stereocenters. The molecule has 136 valence electrons. The van der Waals surface area contributed by atoms with Crippen LogP contribution in [-0.2, 0) is 4.79 Å². The van der Waals surface area contributed by atoms with Gasteiger partial charge in [-0.05, 0) is 18.6 Å². The molecule has 2 heterocycles. The van der Waals surface area contributed by atoms with Crippen LogP contribution in [0.2, 0.25) is 0 Å². The number of thiazole rings is 1. The molecule has 1 aliphatic rings. The van der Waals surface area contributed by atoms with E-state index >= 15 is 0 Å². The van der Waals surface area contributed by atoms with Crippen molar-refractivity contribution in [2.45, 2.75) is 26.2 Å².